The highest BCUT2D eigenvalue weighted by Crippen LogP contribution is 2.26. The van der Waals surface area contributed by atoms with Crippen molar-refractivity contribution in [2.75, 3.05) is 0 Å². The minimum atomic E-state index is -3.96. The number of hydrogen-bond acceptors (Lipinski definition) is 4. The van der Waals surface area contributed by atoms with Gasteiger partial charge in [0.1, 0.15) is 11.3 Å². The summed E-state index contributed by atoms with van der Waals surface area (Å²) < 4.78 is 27.9. The molecule has 1 aromatic rings. The molecule has 0 heterocycles. The molecule has 1 N–H and O–H groups in total. The lowest BCUT2D eigenvalue weighted by molar-refractivity contribution is 0.0688. The first-order chi connectivity index (χ1) is 8.79. The van der Waals surface area contributed by atoms with Crippen molar-refractivity contribution in [3.8, 4) is 5.75 Å². The number of ether oxygens (including phenoxy) is 1. The number of hydrogen-bond donors (Lipinski definition) is 1. The quantitative estimate of drug-likeness (QED) is 0.817. The van der Waals surface area contributed by atoms with Gasteiger partial charge in [-0.25, -0.2) is 13.2 Å². The Labute approximate surface area is 116 Å². The second-order valence-electron chi connectivity index (χ2n) is 3.96. The number of carboxylic acid groups (broad SMARTS) is 1. The fourth-order valence-corrected chi connectivity index (χ4v) is 2.34. The van der Waals surface area contributed by atoms with Crippen molar-refractivity contribution < 1.29 is 23.1 Å². The van der Waals surface area contributed by atoms with E-state index < -0.39 is 15.0 Å². The number of halogens is 1. The van der Waals surface area contributed by atoms with Crippen LogP contribution in [0.3, 0.4) is 0 Å². The van der Waals surface area contributed by atoms with Crippen LogP contribution >= 0.6 is 10.7 Å². The van der Waals surface area contributed by atoms with E-state index in [9.17, 15) is 13.2 Å². The van der Waals surface area contributed by atoms with E-state index in [1.54, 1.807) is 0 Å². The van der Waals surface area contributed by atoms with Gasteiger partial charge in [-0.05, 0) is 31.0 Å². The first kappa shape index (κ1) is 15.8. The molecule has 7 heteroatoms. The molecule has 0 fully saturated rings. The largest absolute Gasteiger partial charge is 0.490 e. The van der Waals surface area contributed by atoms with Crippen LogP contribution in [-0.2, 0) is 9.05 Å². The molecular weight excluding hydrogens is 292 g/mol. The van der Waals surface area contributed by atoms with Crippen molar-refractivity contribution in [2.24, 2.45) is 0 Å². The molecule has 5 nitrogen and oxygen atoms in total. The summed E-state index contributed by atoms with van der Waals surface area (Å²) in [6.45, 7) is 3.85. The van der Waals surface area contributed by atoms with E-state index in [4.69, 9.17) is 20.5 Å². The Kier molecular flexibility index (Phi) is 5.20. The molecule has 0 aromatic heterocycles. The average Bonchev–Trinajstić information content (AvgIpc) is 2.34. The summed E-state index contributed by atoms with van der Waals surface area (Å²) in [5.74, 6) is -1.12. The van der Waals surface area contributed by atoms with Crippen molar-refractivity contribution in [3.05, 3.63) is 23.8 Å². The molecule has 1 rings (SSSR count). The van der Waals surface area contributed by atoms with E-state index in [-0.39, 0.29) is 22.3 Å². The van der Waals surface area contributed by atoms with Crippen LogP contribution in [0.2, 0.25) is 0 Å². The van der Waals surface area contributed by atoms with E-state index in [0.717, 1.165) is 18.9 Å². The zero-order valence-electron chi connectivity index (χ0n) is 10.6. The highest BCUT2D eigenvalue weighted by Gasteiger charge is 2.19. The molecule has 0 amide bonds. The van der Waals surface area contributed by atoms with Crippen LogP contribution in [0.1, 0.15) is 37.0 Å². The van der Waals surface area contributed by atoms with Crippen LogP contribution in [0.5, 0.6) is 5.75 Å². The van der Waals surface area contributed by atoms with Crippen molar-refractivity contribution >= 4 is 25.7 Å². The van der Waals surface area contributed by atoms with Gasteiger partial charge in [-0.1, -0.05) is 13.8 Å². The summed E-state index contributed by atoms with van der Waals surface area (Å²) in [4.78, 5) is 10.9. The maximum atomic E-state index is 11.2. The summed E-state index contributed by atoms with van der Waals surface area (Å²) >= 11 is 0. The summed E-state index contributed by atoms with van der Waals surface area (Å²) in [6.07, 6.45) is 1.34. The van der Waals surface area contributed by atoms with Crippen molar-refractivity contribution in [1.29, 1.82) is 0 Å². The third-order valence-electron chi connectivity index (χ3n) is 2.67. The lowest BCUT2D eigenvalue weighted by atomic mass is 10.2. The Bertz CT molecular complexity index is 563. The maximum Gasteiger partial charge on any atom is 0.339 e. The Morgan fingerprint density at radius 2 is 1.95 bits per heavy atom. The molecule has 0 bridgehead atoms. The fraction of sp³-hybridized carbons (Fsp3) is 0.417. The van der Waals surface area contributed by atoms with E-state index in [1.165, 1.54) is 12.1 Å². The Morgan fingerprint density at radius 3 is 2.37 bits per heavy atom. The van der Waals surface area contributed by atoms with E-state index in [1.807, 2.05) is 13.8 Å². The molecule has 0 unspecified atom stereocenters. The normalized spacial score (nSPS) is 11.6. The zero-order chi connectivity index (χ0) is 14.6. The first-order valence-electron chi connectivity index (χ1n) is 5.78. The maximum absolute atomic E-state index is 11.2. The van der Waals surface area contributed by atoms with Crippen LogP contribution in [0.15, 0.2) is 23.1 Å². The topological polar surface area (TPSA) is 80.7 Å². The second-order valence-corrected chi connectivity index (χ2v) is 6.52. The smallest absolute Gasteiger partial charge is 0.339 e. The van der Waals surface area contributed by atoms with E-state index in [2.05, 4.69) is 0 Å². The van der Waals surface area contributed by atoms with Gasteiger partial charge in [0, 0.05) is 10.7 Å². The van der Waals surface area contributed by atoms with Gasteiger partial charge in [0.2, 0.25) is 0 Å². The molecule has 19 heavy (non-hydrogen) atoms. The van der Waals surface area contributed by atoms with Crippen LogP contribution in [0, 0.1) is 0 Å². The Hall–Kier alpha value is -1.27. The average molecular weight is 307 g/mol. The highest BCUT2D eigenvalue weighted by molar-refractivity contribution is 8.13. The molecular formula is C12H15ClO5S. The number of benzene rings is 1. The molecule has 0 aliphatic rings. The molecule has 0 radical (unpaired) electrons. The number of aromatic carboxylic acids is 1. The van der Waals surface area contributed by atoms with Gasteiger partial charge in [-0.2, -0.15) is 0 Å². The predicted molar refractivity (Wildman–Crippen MR) is 71.4 cm³/mol. The number of carbonyl (C=O) groups is 1. The summed E-state index contributed by atoms with van der Waals surface area (Å²) in [5, 5.41) is 9.10. The standard InChI is InChI=1S/C12H15ClO5S/c1-3-8(4-2)18-11-6-5-9(19(13,16)17)7-10(11)12(14)15/h5-8H,3-4H2,1-2H3,(H,14,15). The second kappa shape index (κ2) is 6.25. The summed E-state index contributed by atoms with van der Waals surface area (Å²) in [7, 11) is 1.22. The minimum Gasteiger partial charge on any atom is -0.490 e. The lowest BCUT2D eigenvalue weighted by Gasteiger charge is -2.17. The number of rotatable bonds is 6. The molecule has 0 spiro atoms. The minimum absolute atomic E-state index is 0.114. The zero-order valence-corrected chi connectivity index (χ0v) is 12.2. The van der Waals surface area contributed by atoms with Gasteiger partial charge >= 0.3 is 5.97 Å². The Balaban J connectivity index is 3.23. The first-order valence-corrected chi connectivity index (χ1v) is 8.09. The summed E-state index contributed by atoms with van der Waals surface area (Å²) in [5.41, 5.74) is -0.214. The molecule has 0 saturated heterocycles. The van der Waals surface area contributed by atoms with E-state index in [0.29, 0.717) is 0 Å². The van der Waals surface area contributed by atoms with Gasteiger partial charge < -0.3 is 9.84 Å². The molecule has 0 saturated carbocycles. The monoisotopic (exact) mass is 306 g/mol. The SMILES string of the molecule is CCC(CC)Oc1ccc(S(=O)(=O)Cl)cc1C(=O)O. The highest BCUT2D eigenvalue weighted by atomic mass is 35.7. The van der Waals surface area contributed by atoms with Crippen molar-refractivity contribution in [3.63, 3.8) is 0 Å². The van der Waals surface area contributed by atoms with Gasteiger partial charge in [-0.15, -0.1) is 0 Å². The van der Waals surface area contributed by atoms with Crippen LogP contribution < -0.4 is 4.74 Å². The van der Waals surface area contributed by atoms with Gasteiger partial charge in [0.15, 0.2) is 0 Å². The predicted octanol–water partition coefficient (Wildman–Crippen LogP) is 2.88. The molecule has 0 aliphatic heterocycles. The van der Waals surface area contributed by atoms with Crippen LogP contribution in [-0.4, -0.2) is 25.6 Å². The van der Waals surface area contributed by atoms with Crippen molar-refractivity contribution in [2.45, 2.75) is 37.7 Å². The van der Waals surface area contributed by atoms with Crippen LogP contribution in [0.25, 0.3) is 0 Å². The molecule has 106 valence electrons. The molecule has 1 aromatic carbocycles. The lowest BCUT2D eigenvalue weighted by Crippen LogP contribution is -2.16. The third-order valence-corrected chi connectivity index (χ3v) is 4.02. The van der Waals surface area contributed by atoms with Gasteiger partial charge in [-0.3, -0.25) is 0 Å². The van der Waals surface area contributed by atoms with E-state index >= 15 is 0 Å². The number of carboxylic acids is 1. The van der Waals surface area contributed by atoms with Crippen molar-refractivity contribution in [1.82, 2.24) is 0 Å². The third kappa shape index (κ3) is 4.11. The Morgan fingerprint density at radius 1 is 1.37 bits per heavy atom. The van der Waals surface area contributed by atoms with Gasteiger partial charge in [0.25, 0.3) is 9.05 Å². The van der Waals surface area contributed by atoms with Crippen LogP contribution in [0.4, 0.5) is 0 Å². The fourth-order valence-electron chi connectivity index (χ4n) is 1.57. The molecule has 0 atom stereocenters. The van der Waals surface area contributed by atoms with Gasteiger partial charge in [0.05, 0.1) is 11.0 Å². The molecule has 0 aliphatic carbocycles. The summed E-state index contributed by atoms with van der Waals surface area (Å²) in [6, 6.07) is 3.55.